The van der Waals surface area contributed by atoms with Crippen LogP contribution in [-0.4, -0.2) is 44.7 Å². The number of likely N-dealkylation sites (tertiary alicyclic amines) is 1. The lowest BCUT2D eigenvalue weighted by Crippen LogP contribution is -2.37. The molecular formula is C21H17N5O5S2. The first-order valence-electron chi connectivity index (χ1n) is 10.1. The zero-order valence-corrected chi connectivity index (χ0v) is 18.7. The summed E-state index contributed by atoms with van der Waals surface area (Å²) in [5.74, 6) is -0.0943. The van der Waals surface area contributed by atoms with Crippen molar-refractivity contribution in [1.82, 2.24) is 14.9 Å². The first-order chi connectivity index (χ1) is 16.0. The number of nitrogens with zero attached hydrogens (tertiary/aromatic N) is 4. The Bertz CT molecular complexity index is 1320. The third kappa shape index (κ3) is 4.34. The number of thiazole rings is 2. The Morgan fingerprint density at radius 3 is 2.76 bits per heavy atom. The summed E-state index contributed by atoms with van der Waals surface area (Å²) in [6, 6.07) is 9.29. The van der Waals surface area contributed by atoms with Crippen LogP contribution in [0.15, 0.2) is 46.3 Å². The zero-order valence-electron chi connectivity index (χ0n) is 17.1. The van der Waals surface area contributed by atoms with Crippen molar-refractivity contribution in [2.75, 3.05) is 18.4 Å². The lowest BCUT2D eigenvalue weighted by atomic mass is 9.97. The van der Waals surface area contributed by atoms with Crippen molar-refractivity contribution in [3.05, 3.63) is 68.5 Å². The molecule has 0 spiro atoms. The SMILES string of the molecule is O=C(Nc1ncc([N+](=O)[O-])s1)c1csc(C2CCN(C(=O)c3cc4ccccc4o3)CC2)n1. The Kier molecular flexibility index (Phi) is 5.60. The van der Waals surface area contributed by atoms with Gasteiger partial charge in [0.25, 0.3) is 11.8 Å². The van der Waals surface area contributed by atoms with Gasteiger partial charge >= 0.3 is 5.00 Å². The van der Waals surface area contributed by atoms with Crippen LogP contribution in [0.3, 0.4) is 0 Å². The van der Waals surface area contributed by atoms with Crippen LogP contribution in [0.25, 0.3) is 11.0 Å². The van der Waals surface area contributed by atoms with Crippen molar-refractivity contribution >= 4 is 55.6 Å². The van der Waals surface area contributed by atoms with Crippen LogP contribution in [0.1, 0.15) is 44.8 Å². The molecule has 1 fully saturated rings. The van der Waals surface area contributed by atoms with Gasteiger partial charge in [0, 0.05) is 29.8 Å². The molecule has 0 bridgehead atoms. The minimum atomic E-state index is -0.556. The summed E-state index contributed by atoms with van der Waals surface area (Å²) in [6.07, 6.45) is 2.58. The van der Waals surface area contributed by atoms with Crippen molar-refractivity contribution in [3.63, 3.8) is 0 Å². The van der Waals surface area contributed by atoms with E-state index in [4.69, 9.17) is 4.42 Å². The maximum atomic E-state index is 12.8. The van der Waals surface area contributed by atoms with Crippen molar-refractivity contribution in [1.29, 1.82) is 0 Å². The molecule has 0 aliphatic carbocycles. The molecule has 1 aliphatic heterocycles. The van der Waals surface area contributed by atoms with Crippen molar-refractivity contribution in [2.24, 2.45) is 0 Å². The van der Waals surface area contributed by atoms with E-state index in [0.717, 1.165) is 40.8 Å². The van der Waals surface area contributed by atoms with Crippen LogP contribution in [0, 0.1) is 10.1 Å². The number of nitrogens with one attached hydrogen (secondary N) is 1. The second kappa shape index (κ2) is 8.71. The Labute approximate surface area is 195 Å². The van der Waals surface area contributed by atoms with E-state index in [1.165, 1.54) is 11.3 Å². The summed E-state index contributed by atoms with van der Waals surface area (Å²) in [7, 11) is 0. The molecule has 2 amide bonds. The fourth-order valence-electron chi connectivity index (χ4n) is 3.72. The Hall–Kier alpha value is -3.64. The largest absolute Gasteiger partial charge is 0.451 e. The number of hydrogen-bond acceptors (Lipinski definition) is 9. The Morgan fingerprint density at radius 1 is 1.24 bits per heavy atom. The number of rotatable bonds is 5. The minimum absolute atomic E-state index is 0.124. The van der Waals surface area contributed by atoms with E-state index in [1.54, 1.807) is 16.3 Å². The smallest absolute Gasteiger partial charge is 0.345 e. The zero-order chi connectivity index (χ0) is 22.9. The van der Waals surface area contributed by atoms with Crippen LogP contribution >= 0.6 is 22.7 Å². The molecule has 0 atom stereocenters. The molecule has 10 nitrogen and oxygen atoms in total. The van der Waals surface area contributed by atoms with Gasteiger partial charge in [-0.1, -0.05) is 18.2 Å². The molecule has 0 unspecified atom stereocenters. The summed E-state index contributed by atoms with van der Waals surface area (Å²) >= 11 is 2.18. The third-order valence-corrected chi connectivity index (χ3v) is 7.29. The van der Waals surface area contributed by atoms with Gasteiger partial charge in [0.15, 0.2) is 10.9 Å². The quantitative estimate of drug-likeness (QED) is 0.326. The number of furan rings is 1. The van der Waals surface area contributed by atoms with E-state index in [1.807, 2.05) is 24.3 Å². The fraction of sp³-hybridized carbons (Fsp3) is 0.238. The van der Waals surface area contributed by atoms with Crippen LogP contribution < -0.4 is 5.32 Å². The highest BCUT2D eigenvalue weighted by molar-refractivity contribution is 7.18. The number of amides is 2. The van der Waals surface area contributed by atoms with Crippen LogP contribution in [0.2, 0.25) is 0 Å². The maximum absolute atomic E-state index is 12.8. The van der Waals surface area contributed by atoms with Crippen LogP contribution in [0.5, 0.6) is 0 Å². The monoisotopic (exact) mass is 483 g/mol. The van der Waals surface area contributed by atoms with Gasteiger partial charge in [-0.05, 0) is 36.3 Å². The molecule has 5 rings (SSSR count). The predicted octanol–water partition coefficient (Wildman–Crippen LogP) is 4.53. The van der Waals surface area contributed by atoms with E-state index < -0.39 is 10.8 Å². The number of fused-ring (bicyclic) bond motifs is 1. The average Bonchev–Trinajstić information content (AvgIpc) is 3.57. The molecule has 0 saturated carbocycles. The van der Waals surface area contributed by atoms with Crippen LogP contribution in [-0.2, 0) is 0 Å². The molecule has 4 heterocycles. The van der Waals surface area contributed by atoms with Gasteiger partial charge in [-0.25, -0.2) is 9.97 Å². The number of nitro groups is 1. The van der Waals surface area contributed by atoms with Gasteiger partial charge in [-0.15, -0.1) is 11.3 Å². The Morgan fingerprint density at radius 2 is 2.03 bits per heavy atom. The predicted molar refractivity (Wildman–Crippen MR) is 123 cm³/mol. The van der Waals surface area contributed by atoms with Gasteiger partial charge in [-0.2, -0.15) is 0 Å². The standard InChI is InChI=1S/C21H17N5O5S2/c27-18(24-21-22-10-17(33-21)26(29)30)14-11-32-19(23-14)12-5-7-25(8-6-12)20(28)16-9-13-3-1-2-4-15(13)31-16/h1-4,9-12H,5-8H2,(H,22,24,27). The molecule has 3 aromatic heterocycles. The fourth-order valence-corrected chi connectivity index (χ4v) is 5.32. The van der Waals surface area contributed by atoms with E-state index in [0.29, 0.717) is 24.4 Å². The maximum Gasteiger partial charge on any atom is 0.345 e. The second-order valence-electron chi connectivity index (χ2n) is 7.50. The number of hydrogen-bond donors (Lipinski definition) is 1. The average molecular weight is 484 g/mol. The highest BCUT2D eigenvalue weighted by atomic mass is 32.1. The second-order valence-corrected chi connectivity index (χ2v) is 9.40. The Balaban J connectivity index is 1.19. The van der Waals surface area contributed by atoms with E-state index in [-0.39, 0.29) is 27.7 Å². The molecular weight excluding hydrogens is 466 g/mol. The van der Waals surface area contributed by atoms with Crippen molar-refractivity contribution in [3.8, 4) is 0 Å². The number of carbonyl (C=O) groups excluding carboxylic acids is 2. The number of para-hydroxylation sites is 1. The van der Waals surface area contributed by atoms with Crippen LogP contribution in [0.4, 0.5) is 10.1 Å². The molecule has 168 valence electrons. The number of carbonyl (C=O) groups is 2. The van der Waals surface area contributed by atoms with Crippen molar-refractivity contribution in [2.45, 2.75) is 18.8 Å². The summed E-state index contributed by atoms with van der Waals surface area (Å²) < 4.78 is 5.70. The highest BCUT2D eigenvalue weighted by Gasteiger charge is 2.28. The van der Waals surface area contributed by atoms with Gasteiger partial charge in [0.2, 0.25) is 0 Å². The normalized spacial score (nSPS) is 14.5. The molecule has 1 aliphatic rings. The summed E-state index contributed by atoms with van der Waals surface area (Å²) in [4.78, 5) is 45.6. The number of piperidine rings is 1. The number of anilines is 1. The van der Waals surface area contributed by atoms with E-state index >= 15 is 0 Å². The van der Waals surface area contributed by atoms with Gasteiger partial charge in [0.05, 0.1) is 9.93 Å². The molecule has 4 aromatic rings. The molecule has 1 N–H and O–H groups in total. The molecule has 1 saturated heterocycles. The topological polar surface area (TPSA) is 131 Å². The van der Waals surface area contributed by atoms with Gasteiger partial charge in [0.1, 0.15) is 17.5 Å². The molecule has 12 heteroatoms. The van der Waals surface area contributed by atoms with E-state index in [2.05, 4.69) is 15.3 Å². The molecule has 33 heavy (non-hydrogen) atoms. The van der Waals surface area contributed by atoms with Gasteiger partial charge in [-0.3, -0.25) is 25.0 Å². The van der Waals surface area contributed by atoms with Gasteiger partial charge < -0.3 is 9.32 Å². The molecule has 1 aromatic carbocycles. The van der Waals surface area contributed by atoms with Crippen molar-refractivity contribution < 1.29 is 18.9 Å². The highest BCUT2D eigenvalue weighted by Crippen LogP contribution is 2.32. The molecule has 0 radical (unpaired) electrons. The minimum Gasteiger partial charge on any atom is -0.451 e. The number of benzene rings is 1. The lowest BCUT2D eigenvalue weighted by Gasteiger charge is -2.30. The summed E-state index contributed by atoms with van der Waals surface area (Å²) in [5.41, 5.74) is 0.935. The van der Waals surface area contributed by atoms with E-state index in [9.17, 15) is 19.7 Å². The first kappa shape index (κ1) is 21.2. The third-order valence-electron chi connectivity index (χ3n) is 5.42. The number of aromatic nitrogens is 2. The lowest BCUT2D eigenvalue weighted by molar-refractivity contribution is -0.380. The summed E-state index contributed by atoms with van der Waals surface area (Å²) in [5, 5.41) is 16.7. The first-order valence-corrected chi connectivity index (χ1v) is 11.8. The summed E-state index contributed by atoms with van der Waals surface area (Å²) in [6.45, 7) is 1.15.